The number of hydrogen-bond donors (Lipinski definition) is 2. The monoisotopic (exact) mass is 280 g/mol. The molecule has 0 saturated carbocycles. The van der Waals surface area contributed by atoms with E-state index >= 15 is 0 Å². The fourth-order valence-electron chi connectivity index (χ4n) is 3.29. The van der Waals surface area contributed by atoms with E-state index in [2.05, 4.69) is 6.58 Å². The summed E-state index contributed by atoms with van der Waals surface area (Å²) in [6.45, 7) is 5.61. The smallest absolute Gasteiger partial charge is 0.334 e. The van der Waals surface area contributed by atoms with E-state index in [0.29, 0.717) is 17.6 Å². The highest BCUT2D eigenvalue weighted by atomic mass is 16.6. The number of esters is 1. The summed E-state index contributed by atoms with van der Waals surface area (Å²) in [5, 5.41) is 19.6. The van der Waals surface area contributed by atoms with Crippen molar-refractivity contribution in [3.63, 3.8) is 0 Å². The second-order valence-corrected chi connectivity index (χ2v) is 6.08. The molecule has 0 aromatic heterocycles. The molecule has 2 N–H and O–H groups in total. The Labute approximate surface area is 117 Å². The molecule has 2 saturated heterocycles. The minimum Gasteiger partial charge on any atom is -0.455 e. The first-order valence-electron chi connectivity index (χ1n) is 7.01. The third kappa shape index (κ3) is 2.10. The fraction of sp³-hybridized carbons (Fsp3) is 0.667. The van der Waals surface area contributed by atoms with Crippen LogP contribution in [0.1, 0.15) is 26.2 Å². The summed E-state index contributed by atoms with van der Waals surface area (Å²) in [4.78, 5) is 11.7. The molecule has 3 aliphatic rings. The fourth-order valence-corrected chi connectivity index (χ4v) is 3.29. The van der Waals surface area contributed by atoms with Crippen LogP contribution in [0, 0.1) is 5.92 Å². The summed E-state index contributed by atoms with van der Waals surface area (Å²) in [7, 11) is 0. The first kappa shape index (κ1) is 13.8. The lowest BCUT2D eigenvalue weighted by molar-refractivity contribution is -0.140. The van der Waals surface area contributed by atoms with Gasteiger partial charge in [-0.3, -0.25) is 0 Å². The molecule has 0 radical (unpaired) electrons. The van der Waals surface area contributed by atoms with E-state index in [1.165, 1.54) is 0 Å². The minimum absolute atomic E-state index is 0.119. The number of fused-ring (bicyclic) bond motifs is 3. The molecule has 5 heteroatoms. The molecule has 5 nitrogen and oxygen atoms in total. The summed E-state index contributed by atoms with van der Waals surface area (Å²) in [5.41, 5.74) is 0.705. The van der Waals surface area contributed by atoms with E-state index in [4.69, 9.17) is 9.47 Å². The molecule has 110 valence electrons. The number of ether oxygens (including phenoxy) is 2. The Hall–Kier alpha value is -1.17. The SMILES string of the molecule is C=C1C(=O)O[C@@H]2[C@H]3O[C@]3(C)CCC=C(CO)[C@@H](O)C[C@@H]12. The molecule has 3 rings (SSSR count). The standard InChI is InChI=1S/C15H20O5/c1-8-10-6-11(17)9(7-16)4-3-5-15(2)13(20-15)12(10)19-14(8)18/h4,10-13,16-17H,1,3,5-7H2,2H3/t10-,11-,12-,13+,15+/m0/s1. The Morgan fingerprint density at radius 2 is 2.30 bits per heavy atom. The highest BCUT2D eigenvalue weighted by molar-refractivity contribution is 5.91. The van der Waals surface area contributed by atoms with Crippen molar-refractivity contribution in [1.82, 2.24) is 0 Å². The third-order valence-electron chi connectivity index (χ3n) is 4.72. The Morgan fingerprint density at radius 1 is 1.55 bits per heavy atom. The average molecular weight is 280 g/mol. The van der Waals surface area contributed by atoms with E-state index in [1.807, 2.05) is 13.0 Å². The Kier molecular flexibility index (Phi) is 3.23. The van der Waals surface area contributed by atoms with Crippen LogP contribution in [0.5, 0.6) is 0 Å². The quantitative estimate of drug-likeness (QED) is 0.320. The van der Waals surface area contributed by atoms with Gasteiger partial charge < -0.3 is 19.7 Å². The van der Waals surface area contributed by atoms with Gasteiger partial charge in [-0.15, -0.1) is 0 Å². The summed E-state index contributed by atoms with van der Waals surface area (Å²) in [6.07, 6.45) is 2.45. The van der Waals surface area contributed by atoms with Crippen LogP contribution in [-0.4, -0.2) is 46.7 Å². The van der Waals surface area contributed by atoms with Gasteiger partial charge in [0.1, 0.15) is 12.2 Å². The Morgan fingerprint density at radius 3 is 3.00 bits per heavy atom. The molecule has 2 fully saturated rings. The van der Waals surface area contributed by atoms with Gasteiger partial charge in [-0.05, 0) is 31.8 Å². The highest BCUT2D eigenvalue weighted by Gasteiger charge is 2.61. The number of aliphatic hydroxyl groups is 2. The van der Waals surface area contributed by atoms with E-state index < -0.39 is 12.1 Å². The number of aliphatic hydroxyl groups excluding tert-OH is 2. The lowest BCUT2D eigenvalue weighted by Crippen LogP contribution is -2.32. The van der Waals surface area contributed by atoms with Crippen LogP contribution >= 0.6 is 0 Å². The topological polar surface area (TPSA) is 79.3 Å². The molecule has 2 aliphatic heterocycles. The molecule has 0 bridgehead atoms. The zero-order chi connectivity index (χ0) is 14.5. The summed E-state index contributed by atoms with van der Waals surface area (Å²) in [6, 6.07) is 0. The second kappa shape index (κ2) is 4.69. The van der Waals surface area contributed by atoms with Crippen molar-refractivity contribution >= 4 is 5.97 Å². The number of carbonyl (C=O) groups excluding carboxylic acids is 1. The van der Waals surface area contributed by atoms with Crippen LogP contribution in [0.25, 0.3) is 0 Å². The van der Waals surface area contributed by atoms with Crippen molar-refractivity contribution in [1.29, 1.82) is 0 Å². The van der Waals surface area contributed by atoms with Crippen LogP contribution in [0.3, 0.4) is 0 Å². The van der Waals surface area contributed by atoms with Crippen LogP contribution in [-0.2, 0) is 14.3 Å². The molecule has 2 heterocycles. The molecule has 0 aromatic rings. The van der Waals surface area contributed by atoms with Gasteiger partial charge in [0, 0.05) is 11.5 Å². The Balaban J connectivity index is 1.91. The van der Waals surface area contributed by atoms with Crippen molar-refractivity contribution in [3.8, 4) is 0 Å². The molecule has 5 atom stereocenters. The maximum Gasteiger partial charge on any atom is 0.334 e. The predicted molar refractivity (Wildman–Crippen MR) is 70.8 cm³/mol. The van der Waals surface area contributed by atoms with E-state index in [9.17, 15) is 15.0 Å². The molecular weight excluding hydrogens is 260 g/mol. The molecule has 0 spiro atoms. The van der Waals surface area contributed by atoms with E-state index in [-0.39, 0.29) is 30.3 Å². The molecular formula is C15H20O5. The zero-order valence-electron chi connectivity index (χ0n) is 11.5. The lowest BCUT2D eigenvalue weighted by atomic mass is 9.83. The molecule has 20 heavy (non-hydrogen) atoms. The molecule has 0 aromatic carbocycles. The van der Waals surface area contributed by atoms with Crippen LogP contribution < -0.4 is 0 Å². The van der Waals surface area contributed by atoms with E-state index in [1.54, 1.807) is 0 Å². The molecule has 1 aliphatic carbocycles. The van der Waals surface area contributed by atoms with Gasteiger partial charge in [0.05, 0.1) is 18.3 Å². The predicted octanol–water partition coefficient (Wildman–Crippen LogP) is 0.705. The number of rotatable bonds is 1. The number of hydrogen-bond acceptors (Lipinski definition) is 5. The van der Waals surface area contributed by atoms with Gasteiger partial charge in [0.25, 0.3) is 0 Å². The first-order chi connectivity index (χ1) is 9.46. The van der Waals surface area contributed by atoms with Gasteiger partial charge in [-0.1, -0.05) is 12.7 Å². The zero-order valence-corrected chi connectivity index (χ0v) is 11.5. The second-order valence-electron chi connectivity index (χ2n) is 6.08. The average Bonchev–Trinajstić information content (AvgIpc) is 3.00. The largest absolute Gasteiger partial charge is 0.455 e. The molecule has 0 unspecified atom stereocenters. The summed E-state index contributed by atoms with van der Waals surface area (Å²) < 4.78 is 11.1. The van der Waals surface area contributed by atoms with Crippen molar-refractivity contribution in [2.75, 3.05) is 6.61 Å². The van der Waals surface area contributed by atoms with E-state index in [0.717, 1.165) is 12.8 Å². The Bertz CT molecular complexity index is 483. The van der Waals surface area contributed by atoms with Gasteiger partial charge in [0.2, 0.25) is 0 Å². The van der Waals surface area contributed by atoms with Gasteiger partial charge >= 0.3 is 5.97 Å². The van der Waals surface area contributed by atoms with Crippen LogP contribution in [0.4, 0.5) is 0 Å². The van der Waals surface area contributed by atoms with Gasteiger partial charge in [-0.25, -0.2) is 4.79 Å². The number of allylic oxidation sites excluding steroid dienone is 1. The van der Waals surface area contributed by atoms with Crippen molar-refractivity contribution in [2.24, 2.45) is 5.92 Å². The first-order valence-corrected chi connectivity index (χ1v) is 7.01. The summed E-state index contributed by atoms with van der Waals surface area (Å²) >= 11 is 0. The minimum atomic E-state index is -0.776. The van der Waals surface area contributed by atoms with Crippen LogP contribution in [0.15, 0.2) is 23.8 Å². The maximum atomic E-state index is 11.7. The highest BCUT2D eigenvalue weighted by Crippen LogP contribution is 2.49. The van der Waals surface area contributed by atoms with Crippen molar-refractivity contribution < 1.29 is 24.5 Å². The number of carbonyl (C=O) groups is 1. The van der Waals surface area contributed by atoms with Crippen LogP contribution in [0.2, 0.25) is 0 Å². The van der Waals surface area contributed by atoms with Crippen molar-refractivity contribution in [3.05, 3.63) is 23.8 Å². The lowest BCUT2D eigenvalue weighted by Gasteiger charge is -2.23. The number of epoxide rings is 1. The maximum absolute atomic E-state index is 11.7. The van der Waals surface area contributed by atoms with Gasteiger partial charge in [0.15, 0.2) is 0 Å². The molecule has 0 amide bonds. The third-order valence-corrected chi connectivity index (χ3v) is 4.72. The normalized spacial score (nSPS) is 44.2. The van der Waals surface area contributed by atoms with Crippen molar-refractivity contribution in [2.45, 2.75) is 50.1 Å². The summed E-state index contributed by atoms with van der Waals surface area (Å²) in [5.74, 6) is -0.656. The van der Waals surface area contributed by atoms with Gasteiger partial charge in [-0.2, -0.15) is 0 Å².